The Morgan fingerprint density at radius 3 is 2.26 bits per heavy atom. The van der Waals surface area contributed by atoms with Gasteiger partial charge in [-0.25, -0.2) is 4.39 Å². The van der Waals surface area contributed by atoms with Gasteiger partial charge in [-0.15, -0.1) is 0 Å². The van der Waals surface area contributed by atoms with Gasteiger partial charge in [-0.2, -0.15) is 0 Å². The number of carbonyl (C=O) groups excluding carboxylic acids is 1. The lowest BCUT2D eigenvalue weighted by Crippen LogP contribution is -2.33. The smallest absolute Gasteiger partial charge is 0.262 e. The number of aromatic nitrogens is 1. The van der Waals surface area contributed by atoms with E-state index in [9.17, 15) is 14.0 Å². The minimum Gasteiger partial charge on any atom is -0.497 e. The van der Waals surface area contributed by atoms with Gasteiger partial charge in [0.2, 0.25) is 0 Å². The molecule has 156 valence electrons. The number of hydrogen-bond donors (Lipinski definition) is 0. The van der Waals surface area contributed by atoms with Crippen LogP contribution >= 0.6 is 0 Å². The lowest BCUT2D eigenvalue weighted by Gasteiger charge is -2.23. The number of hydrogen-bond acceptors (Lipinski definition) is 3. The molecule has 0 atom stereocenters. The summed E-state index contributed by atoms with van der Waals surface area (Å²) >= 11 is 0. The van der Waals surface area contributed by atoms with E-state index in [0.29, 0.717) is 27.8 Å². The van der Waals surface area contributed by atoms with Gasteiger partial charge < -0.3 is 9.64 Å². The summed E-state index contributed by atoms with van der Waals surface area (Å²) in [4.78, 5) is 28.1. The lowest BCUT2D eigenvalue weighted by atomic mass is 10.1. The highest BCUT2D eigenvalue weighted by Crippen LogP contribution is 2.25. The van der Waals surface area contributed by atoms with Gasteiger partial charge in [0.25, 0.3) is 11.5 Å². The third-order valence-corrected chi connectivity index (χ3v) is 5.21. The van der Waals surface area contributed by atoms with Crippen LogP contribution in [0, 0.1) is 5.82 Å². The highest BCUT2D eigenvalue weighted by molar-refractivity contribution is 6.13. The number of benzene rings is 3. The standard InChI is InChI=1S/C25H21FN2O3/c1-3-27(23-11-7-6-10-22(23)26)25(30)21-16-28(17-12-14-18(31-2)15-13-17)24(29)20-9-5-4-8-19(20)21/h4-16H,3H2,1-2H3. The monoisotopic (exact) mass is 416 g/mol. The molecule has 5 nitrogen and oxygen atoms in total. The summed E-state index contributed by atoms with van der Waals surface area (Å²) in [5.74, 6) is -0.206. The Labute approximate surface area is 178 Å². The van der Waals surface area contributed by atoms with Crippen LogP contribution < -0.4 is 15.2 Å². The van der Waals surface area contributed by atoms with Crippen LogP contribution in [0.25, 0.3) is 16.5 Å². The van der Waals surface area contributed by atoms with Crippen molar-refractivity contribution in [2.75, 3.05) is 18.6 Å². The van der Waals surface area contributed by atoms with Gasteiger partial charge >= 0.3 is 0 Å². The number of anilines is 1. The fraction of sp³-hybridized carbons (Fsp3) is 0.120. The number of methoxy groups -OCH3 is 1. The molecule has 0 aliphatic heterocycles. The zero-order valence-corrected chi connectivity index (χ0v) is 17.2. The average Bonchev–Trinajstić information content (AvgIpc) is 2.81. The molecule has 0 unspecified atom stereocenters. The van der Waals surface area contributed by atoms with Gasteiger partial charge in [-0.05, 0) is 49.4 Å². The number of para-hydroxylation sites is 1. The molecule has 0 spiro atoms. The quantitative estimate of drug-likeness (QED) is 0.469. The van der Waals surface area contributed by atoms with Gasteiger partial charge in [-0.3, -0.25) is 14.2 Å². The second kappa shape index (κ2) is 8.44. The summed E-state index contributed by atoms with van der Waals surface area (Å²) in [6.45, 7) is 2.06. The first-order valence-corrected chi connectivity index (χ1v) is 9.90. The number of amides is 1. The molecule has 0 radical (unpaired) electrons. The highest BCUT2D eigenvalue weighted by atomic mass is 19.1. The molecule has 0 aliphatic rings. The molecule has 4 aromatic rings. The average molecular weight is 416 g/mol. The molecule has 0 aliphatic carbocycles. The summed E-state index contributed by atoms with van der Waals surface area (Å²) < 4.78 is 21.1. The van der Waals surface area contributed by atoms with Crippen molar-refractivity contribution < 1.29 is 13.9 Å². The van der Waals surface area contributed by atoms with Crippen molar-refractivity contribution in [3.63, 3.8) is 0 Å². The maximum Gasteiger partial charge on any atom is 0.262 e. The minimum atomic E-state index is -0.481. The molecule has 1 heterocycles. The fourth-order valence-electron chi connectivity index (χ4n) is 3.64. The number of rotatable bonds is 5. The molecule has 6 heteroatoms. The van der Waals surface area contributed by atoms with E-state index in [0.717, 1.165) is 0 Å². The molecule has 31 heavy (non-hydrogen) atoms. The third kappa shape index (κ3) is 3.68. The van der Waals surface area contributed by atoms with E-state index in [1.807, 2.05) is 0 Å². The largest absolute Gasteiger partial charge is 0.497 e. The molecule has 1 amide bonds. The summed E-state index contributed by atoms with van der Waals surface area (Å²) in [7, 11) is 1.57. The number of ether oxygens (including phenoxy) is 1. The lowest BCUT2D eigenvalue weighted by molar-refractivity contribution is 0.0988. The summed E-state index contributed by atoms with van der Waals surface area (Å²) in [5, 5.41) is 0.936. The molecule has 0 fully saturated rings. The van der Waals surface area contributed by atoms with E-state index in [1.54, 1.807) is 80.8 Å². The number of carbonyl (C=O) groups is 1. The molecule has 0 saturated heterocycles. The Bertz CT molecular complexity index is 1310. The van der Waals surface area contributed by atoms with Gasteiger partial charge in [0.1, 0.15) is 11.6 Å². The van der Waals surface area contributed by atoms with Crippen LogP contribution in [-0.4, -0.2) is 24.1 Å². The minimum absolute atomic E-state index is 0.196. The SMILES string of the molecule is CCN(C(=O)c1cn(-c2ccc(OC)cc2)c(=O)c2ccccc12)c1ccccc1F. The zero-order valence-electron chi connectivity index (χ0n) is 17.2. The summed E-state index contributed by atoms with van der Waals surface area (Å²) in [6.07, 6.45) is 1.53. The van der Waals surface area contributed by atoms with Crippen LogP contribution in [0.15, 0.2) is 83.8 Å². The summed E-state index contributed by atoms with van der Waals surface area (Å²) in [5.41, 5.74) is 0.864. The molecule has 0 N–H and O–H groups in total. The van der Waals surface area contributed by atoms with Crippen LogP contribution in [0.4, 0.5) is 10.1 Å². The third-order valence-electron chi connectivity index (χ3n) is 5.21. The van der Waals surface area contributed by atoms with E-state index >= 15 is 0 Å². The van der Waals surface area contributed by atoms with Crippen molar-refractivity contribution in [3.05, 3.63) is 101 Å². The van der Waals surface area contributed by atoms with Gasteiger partial charge in [0, 0.05) is 29.2 Å². The molecular formula is C25H21FN2O3. The van der Waals surface area contributed by atoms with E-state index < -0.39 is 5.82 Å². The van der Waals surface area contributed by atoms with Crippen molar-refractivity contribution in [2.24, 2.45) is 0 Å². The number of halogens is 1. The van der Waals surface area contributed by atoms with E-state index in [4.69, 9.17) is 4.74 Å². The first-order valence-electron chi connectivity index (χ1n) is 9.90. The van der Waals surface area contributed by atoms with Crippen molar-refractivity contribution >= 4 is 22.4 Å². The Morgan fingerprint density at radius 2 is 1.61 bits per heavy atom. The van der Waals surface area contributed by atoms with E-state index in [-0.39, 0.29) is 23.7 Å². The predicted octanol–water partition coefficient (Wildman–Crippen LogP) is 4.81. The van der Waals surface area contributed by atoms with Crippen molar-refractivity contribution in [1.29, 1.82) is 0 Å². The predicted molar refractivity (Wildman–Crippen MR) is 120 cm³/mol. The Morgan fingerprint density at radius 1 is 0.968 bits per heavy atom. The van der Waals surface area contributed by atoms with Crippen LogP contribution in [0.5, 0.6) is 5.75 Å². The Kier molecular flexibility index (Phi) is 5.54. The normalized spacial score (nSPS) is 10.8. The first-order chi connectivity index (χ1) is 15.0. The zero-order chi connectivity index (χ0) is 22.0. The number of pyridine rings is 1. The molecule has 0 bridgehead atoms. The Balaban J connectivity index is 1.92. The van der Waals surface area contributed by atoms with Crippen molar-refractivity contribution in [1.82, 2.24) is 4.57 Å². The molecular weight excluding hydrogens is 395 g/mol. The molecule has 1 aromatic heterocycles. The second-order valence-corrected chi connectivity index (χ2v) is 6.96. The summed E-state index contributed by atoms with van der Waals surface area (Å²) in [6, 6.07) is 20.1. The van der Waals surface area contributed by atoms with Crippen molar-refractivity contribution in [2.45, 2.75) is 6.92 Å². The van der Waals surface area contributed by atoms with E-state index in [1.165, 1.54) is 21.7 Å². The number of fused-ring (bicyclic) bond motifs is 1. The first kappa shape index (κ1) is 20.3. The van der Waals surface area contributed by atoms with Crippen LogP contribution in [0.3, 0.4) is 0 Å². The maximum absolute atomic E-state index is 14.4. The molecule has 3 aromatic carbocycles. The van der Waals surface area contributed by atoms with Gasteiger partial charge in [0.05, 0.1) is 18.4 Å². The van der Waals surface area contributed by atoms with E-state index in [2.05, 4.69) is 0 Å². The highest BCUT2D eigenvalue weighted by Gasteiger charge is 2.23. The van der Waals surface area contributed by atoms with Crippen LogP contribution in [0.2, 0.25) is 0 Å². The van der Waals surface area contributed by atoms with Crippen LogP contribution in [0.1, 0.15) is 17.3 Å². The second-order valence-electron chi connectivity index (χ2n) is 6.96. The topological polar surface area (TPSA) is 51.5 Å². The van der Waals surface area contributed by atoms with Gasteiger partial charge in [0.15, 0.2) is 0 Å². The van der Waals surface area contributed by atoms with Gasteiger partial charge in [-0.1, -0.05) is 30.3 Å². The van der Waals surface area contributed by atoms with Crippen LogP contribution in [-0.2, 0) is 0 Å². The maximum atomic E-state index is 14.4. The fourth-order valence-corrected chi connectivity index (χ4v) is 3.64. The molecule has 0 saturated carbocycles. The Hall–Kier alpha value is -3.93. The molecule has 4 rings (SSSR count). The van der Waals surface area contributed by atoms with Crippen molar-refractivity contribution in [3.8, 4) is 11.4 Å². The number of nitrogens with zero attached hydrogens (tertiary/aromatic N) is 2.